The Bertz CT molecular complexity index is 302. The zero-order chi connectivity index (χ0) is 13.6. The van der Waals surface area contributed by atoms with Crippen LogP contribution >= 0.6 is 11.8 Å². The summed E-state index contributed by atoms with van der Waals surface area (Å²) in [6, 6.07) is 0. The fourth-order valence-corrected chi connectivity index (χ4v) is 3.02. The first-order valence-electron chi connectivity index (χ1n) is 6.24. The molecule has 1 aliphatic heterocycles. The molecule has 104 valence electrons. The molecule has 1 fully saturated rings. The molecule has 5 nitrogen and oxygen atoms in total. The van der Waals surface area contributed by atoms with Crippen molar-refractivity contribution in [2.24, 2.45) is 0 Å². The van der Waals surface area contributed by atoms with Crippen molar-refractivity contribution in [2.45, 2.75) is 43.9 Å². The predicted molar refractivity (Wildman–Crippen MR) is 72.8 cm³/mol. The molecule has 1 aliphatic rings. The molecule has 3 N–H and O–H groups in total. The maximum atomic E-state index is 11.7. The summed E-state index contributed by atoms with van der Waals surface area (Å²) in [4.78, 5) is 22.4. The summed E-state index contributed by atoms with van der Waals surface area (Å²) < 4.78 is 0. The zero-order valence-electron chi connectivity index (χ0n) is 11.0. The van der Waals surface area contributed by atoms with Crippen molar-refractivity contribution >= 4 is 23.6 Å². The van der Waals surface area contributed by atoms with E-state index < -0.39 is 11.5 Å². The maximum Gasteiger partial charge on any atom is 0.305 e. The van der Waals surface area contributed by atoms with Gasteiger partial charge in [0.05, 0.1) is 12.2 Å². The lowest BCUT2D eigenvalue weighted by Gasteiger charge is -2.25. The minimum Gasteiger partial charge on any atom is -0.481 e. The Morgan fingerprint density at radius 3 is 2.56 bits per heavy atom. The Kier molecular flexibility index (Phi) is 5.95. The van der Waals surface area contributed by atoms with Crippen molar-refractivity contribution in [1.29, 1.82) is 0 Å². The summed E-state index contributed by atoms with van der Waals surface area (Å²) in [5.41, 5.74) is -0.683. The molecule has 1 amide bonds. The van der Waals surface area contributed by atoms with Crippen LogP contribution in [-0.4, -0.2) is 46.6 Å². The Morgan fingerprint density at radius 2 is 2.00 bits per heavy atom. The van der Waals surface area contributed by atoms with Gasteiger partial charge in [0, 0.05) is 10.8 Å². The predicted octanol–water partition coefficient (Wildman–Crippen LogP) is 0.841. The van der Waals surface area contributed by atoms with Crippen LogP contribution in [0.3, 0.4) is 0 Å². The smallest absolute Gasteiger partial charge is 0.305 e. The summed E-state index contributed by atoms with van der Waals surface area (Å²) in [5, 5.41) is 15.3. The van der Waals surface area contributed by atoms with Crippen molar-refractivity contribution in [3.8, 4) is 0 Å². The molecule has 0 aromatic rings. The molecule has 0 radical (unpaired) electrons. The van der Waals surface area contributed by atoms with Crippen LogP contribution in [0.15, 0.2) is 0 Å². The van der Waals surface area contributed by atoms with Crippen molar-refractivity contribution in [3.05, 3.63) is 0 Å². The minimum atomic E-state index is -0.897. The van der Waals surface area contributed by atoms with Crippen molar-refractivity contribution < 1.29 is 14.7 Å². The molecule has 18 heavy (non-hydrogen) atoms. The van der Waals surface area contributed by atoms with Gasteiger partial charge >= 0.3 is 5.97 Å². The van der Waals surface area contributed by atoms with E-state index in [1.165, 1.54) is 0 Å². The monoisotopic (exact) mass is 274 g/mol. The van der Waals surface area contributed by atoms with Crippen LogP contribution in [0.25, 0.3) is 0 Å². The number of nitrogens with one attached hydrogen (secondary N) is 2. The molecule has 1 saturated heterocycles. The first kappa shape index (κ1) is 15.3. The fraction of sp³-hybridized carbons (Fsp3) is 0.833. The van der Waals surface area contributed by atoms with Gasteiger partial charge in [-0.2, -0.15) is 0 Å². The van der Waals surface area contributed by atoms with Gasteiger partial charge in [0.25, 0.3) is 0 Å². The molecule has 6 heteroatoms. The van der Waals surface area contributed by atoms with Gasteiger partial charge in [0.15, 0.2) is 0 Å². The van der Waals surface area contributed by atoms with Crippen LogP contribution in [0, 0.1) is 0 Å². The number of carbonyl (C=O) groups is 2. The van der Waals surface area contributed by atoms with Crippen molar-refractivity contribution in [1.82, 2.24) is 10.6 Å². The molecule has 0 saturated carbocycles. The SMILES string of the molecule is CC(C)(CC(=O)O)NC(=O)CSC1CCNCC1. The van der Waals surface area contributed by atoms with E-state index in [-0.39, 0.29) is 12.3 Å². The third-order valence-corrected chi connectivity index (χ3v) is 4.18. The van der Waals surface area contributed by atoms with Crippen LogP contribution in [0.1, 0.15) is 33.1 Å². The molecule has 0 aromatic heterocycles. The van der Waals surface area contributed by atoms with E-state index >= 15 is 0 Å². The molecule has 0 aliphatic carbocycles. The Labute approximate surface area is 112 Å². The Balaban J connectivity index is 2.25. The van der Waals surface area contributed by atoms with Crippen LogP contribution in [0.2, 0.25) is 0 Å². The second kappa shape index (κ2) is 6.99. The normalized spacial score (nSPS) is 17.4. The molecule has 0 aromatic carbocycles. The highest BCUT2D eigenvalue weighted by Crippen LogP contribution is 2.20. The molecule has 0 bridgehead atoms. The highest BCUT2D eigenvalue weighted by atomic mass is 32.2. The van der Waals surface area contributed by atoms with Gasteiger partial charge in [-0.25, -0.2) is 0 Å². The maximum absolute atomic E-state index is 11.7. The standard InChI is InChI=1S/C12H22N2O3S/c1-12(2,7-11(16)17)14-10(15)8-18-9-3-5-13-6-4-9/h9,13H,3-8H2,1-2H3,(H,14,15)(H,16,17). The minimum absolute atomic E-state index is 0.0588. The van der Waals surface area contributed by atoms with Gasteiger partial charge in [-0.15, -0.1) is 11.8 Å². The van der Waals surface area contributed by atoms with E-state index in [9.17, 15) is 9.59 Å². The molecule has 0 atom stereocenters. The topological polar surface area (TPSA) is 78.4 Å². The average Bonchev–Trinajstić information content (AvgIpc) is 2.25. The number of rotatable bonds is 6. The summed E-state index contributed by atoms with van der Waals surface area (Å²) in [5.74, 6) is -0.565. The number of hydrogen-bond donors (Lipinski definition) is 3. The molecule has 1 rings (SSSR count). The van der Waals surface area contributed by atoms with Crippen LogP contribution in [-0.2, 0) is 9.59 Å². The van der Waals surface area contributed by atoms with Crippen molar-refractivity contribution in [3.63, 3.8) is 0 Å². The summed E-state index contributed by atoms with van der Waals surface area (Å²) in [6.07, 6.45) is 2.13. The Hall–Kier alpha value is -0.750. The number of carboxylic acids is 1. The molecular formula is C12H22N2O3S. The molecule has 0 unspecified atom stereocenters. The van der Waals surface area contributed by atoms with Gasteiger partial charge in [0.2, 0.25) is 5.91 Å². The molecule has 1 heterocycles. The van der Waals surface area contributed by atoms with Gasteiger partial charge < -0.3 is 15.7 Å². The average molecular weight is 274 g/mol. The number of thioether (sulfide) groups is 1. The number of amides is 1. The number of hydrogen-bond acceptors (Lipinski definition) is 4. The van der Waals surface area contributed by atoms with Gasteiger partial charge in [-0.05, 0) is 39.8 Å². The number of carbonyl (C=O) groups excluding carboxylic acids is 1. The van der Waals surface area contributed by atoms with E-state index in [0.717, 1.165) is 25.9 Å². The third kappa shape index (κ3) is 6.26. The van der Waals surface area contributed by atoms with E-state index in [4.69, 9.17) is 5.11 Å². The largest absolute Gasteiger partial charge is 0.481 e. The van der Waals surface area contributed by atoms with E-state index in [2.05, 4.69) is 10.6 Å². The summed E-state index contributed by atoms with van der Waals surface area (Å²) in [7, 11) is 0. The number of aliphatic carboxylic acids is 1. The fourth-order valence-electron chi connectivity index (χ4n) is 1.99. The summed E-state index contributed by atoms with van der Waals surface area (Å²) in [6.45, 7) is 5.50. The van der Waals surface area contributed by atoms with Gasteiger partial charge in [-0.3, -0.25) is 9.59 Å². The van der Waals surface area contributed by atoms with Gasteiger partial charge in [-0.1, -0.05) is 0 Å². The highest BCUT2D eigenvalue weighted by Gasteiger charge is 2.24. The van der Waals surface area contributed by atoms with Crippen LogP contribution in [0.4, 0.5) is 0 Å². The van der Waals surface area contributed by atoms with E-state index in [1.54, 1.807) is 25.6 Å². The van der Waals surface area contributed by atoms with Gasteiger partial charge in [0.1, 0.15) is 0 Å². The lowest BCUT2D eigenvalue weighted by molar-refractivity contribution is -0.138. The summed E-state index contributed by atoms with van der Waals surface area (Å²) >= 11 is 1.67. The van der Waals surface area contributed by atoms with Crippen molar-refractivity contribution in [2.75, 3.05) is 18.8 Å². The lowest BCUT2D eigenvalue weighted by atomic mass is 10.0. The third-order valence-electron chi connectivity index (χ3n) is 2.81. The van der Waals surface area contributed by atoms with Crippen LogP contribution in [0.5, 0.6) is 0 Å². The molecular weight excluding hydrogens is 252 g/mol. The number of piperidine rings is 1. The quantitative estimate of drug-likeness (QED) is 0.669. The van der Waals surface area contributed by atoms with E-state index in [1.807, 2.05) is 0 Å². The van der Waals surface area contributed by atoms with Crippen LogP contribution < -0.4 is 10.6 Å². The second-order valence-electron chi connectivity index (χ2n) is 5.26. The first-order valence-corrected chi connectivity index (χ1v) is 7.29. The second-order valence-corrected chi connectivity index (χ2v) is 6.55. The zero-order valence-corrected chi connectivity index (χ0v) is 11.8. The molecule has 0 spiro atoms. The lowest BCUT2D eigenvalue weighted by Crippen LogP contribution is -2.46. The first-order chi connectivity index (χ1) is 8.39. The Morgan fingerprint density at radius 1 is 1.39 bits per heavy atom. The number of carboxylic acid groups (broad SMARTS) is 1. The van der Waals surface area contributed by atoms with E-state index in [0.29, 0.717) is 11.0 Å². The highest BCUT2D eigenvalue weighted by molar-refractivity contribution is 8.00.